The Morgan fingerprint density at radius 2 is 2.11 bits per heavy atom. The zero-order valence-electron chi connectivity index (χ0n) is 9.69. The summed E-state index contributed by atoms with van der Waals surface area (Å²) in [6.45, 7) is 0. The van der Waals surface area contributed by atoms with E-state index in [1.807, 2.05) is 0 Å². The quantitative estimate of drug-likeness (QED) is 0.348. The van der Waals surface area contributed by atoms with Crippen LogP contribution in [0.25, 0.3) is 0 Å². The smallest absolute Gasteiger partial charge is 0.343 e. The summed E-state index contributed by atoms with van der Waals surface area (Å²) in [6, 6.07) is 2.78. The number of carboxylic acids is 1. The van der Waals surface area contributed by atoms with Gasteiger partial charge in [0, 0.05) is 6.07 Å². The minimum Gasteiger partial charge on any atom is -0.477 e. The van der Waals surface area contributed by atoms with E-state index < -0.39 is 39.6 Å². The van der Waals surface area contributed by atoms with Crippen LogP contribution >= 0.6 is 0 Å². The molecule has 1 aromatic carbocycles. The first-order valence-electron chi connectivity index (χ1n) is 4.81. The first kappa shape index (κ1) is 14.1. The number of benzene rings is 1. The summed E-state index contributed by atoms with van der Waals surface area (Å²) in [4.78, 5) is 35.8. The normalized spacial score (nSPS) is 10.9. The van der Waals surface area contributed by atoms with Crippen LogP contribution < -0.4 is 5.73 Å². The molecule has 100 valence electrons. The van der Waals surface area contributed by atoms with E-state index in [4.69, 9.17) is 10.8 Å². The van der Waals surface area contributed by atoms with E-state index in [-0.39, 0.29) is 0 Å². The highest BCUT2D eigenvalue weighted by Crippen LogP contribution is 2.23. The van der Waals surface area contributed by atoms with Gasteiger partial charge >= 0.3 is 5.97 Å². The van der Waals surface area contributed by atoms with Crippen molar-refractivity contribution in [1.82, 2.24) is 0 Å². The average molecular weight is 267 g/mol. The Bertz CT molecular complexity index is 581. The second-order valence-corrected chi connectivity index (χ2v) is 3.22. The zero-order chi connectivity index (χ0) is 14.6. The van der Waals surface area contributed by atoms with E-state index in [1.54, 1.807) is 0 Å². The van der Waals surface area contributed by atoms with E-state index in [9.17, 15) is 19.7 Å². The second kappa shape index (κ2) is 5.58. The monoisotopic (exact) mass is 267 g/mol. The van der Waals surface area contributed by atoms with Crippen LogP contribution in [-0.2, 0) is 4.74 Å². The van der Waals surface area contributed by atoms with Crippen LogP contribution in [0.1, 0.15) is 20.7 Å². The highest BCUT2D eigenvalue weighted by Gasteiger charge is 2.26. The number of rotatable bonds is 3. The molecule has 0 aliphatic rings. The van der Waals surface area contributed by atoms with Gasteiger partial charge in [0.1, 0.15) is 5.56 Å². The van der Waals surface area contributed by atoms with Crippen LogP contribution in [0.2, 0.25) is 0 Å². The number of nitro groups is 1. The summed E-state index contributed by atoms with van der Waals surface area (Å²) in [5, 5.41) is 19.7. The van der Waals surface area contributed by atoms with Gasteiger partial charge in [0.25, 0.3) is 17.6 Å². The number of ether oxygens (including phenoxy) is 1. The van der Waals surface area contributed by atoms with Gasteiger partial charge in [0.2, 0.25) is 0 Å². The van der Waals surface area contributed by atoms with Crippen LogP contribution in [0.15, 0.2) is 23.2 Å². The third-order valence-corrected chi connectivity index (χ3v) is 2.10. The molecule has 1 aromatic rings. The molecule has 1 rings (SSSR count). The number of nitrogens with zero attached hydrogens (tertiary/aromatic N) is 2. The molecular weight excluding hydrogens is 258 g/mol. The molecule has 0 fully saturated rings. The topological polar surface area (TPSA) is 145 Å². The third-order valence-electron chi connectivity index (χ3n) is 2.10. The zero-order valence-corrected chi connectivity index (χ0v) is 9.69. The van der Waals surface area contributed by atoms with Crippen molar-refractivity contribution in [2.75, 3.05) is 7.11 Å². The van der Waals surface area contributed by atoms with Crippen molar-refractivity contribution >= 4 is 23.6 Å². The van der Waals surface area contributed by atoms with Crippen molar-refractivity contribution in [2.45, 2.75) is 0 Å². The summed E-state index contributed by atoms with van der Waals surface area (Å²) >= 11 is 0. The van der Waals surface area contributed by atoms with Gasteiger partial charge in [0.05, 0.1) is 17.6 Å². The molecule has 0 bridgehead atoms. The first-order chi connectivity index (χ1) is 8.88. The van der Waals surface area contributed by atoms with E-state index in [1.165, 1.54) is 6.07 Å². The number of nitro benzene ring substituents is 1. The minimum atomic E-state index is -1.61. The summed E-state index contributed by atoms with van der Waals surface area (Å²) in [5.41, 5.74) is 3.27. The fourth-order valence-electron chi connectivity index (χ4n) is 1.30. The van der Waals surface area contributed by atoms with E-state index in [0.29, 0.717) is 0 Å². The predicted octanol–water partition coefficient (Wildman–Crippen LogP) is 0.394. The molecule has 1 amide bonds. The Morgan fingerprint density at radius 3 is 2.58 bits per heavy atom. The molecule has 0 radical (unpaired) electrons. The van der Waals surface area contributed by atoms with E-state index >= 15 is 0 Å². The number of carbonyl (C=O) groups excluding carboxylic acids is 1. The number of hydrogen-bond acceptors (Lipinski definition) is 5. The van der Waals surface area contributed by atoms with Crippen LogP contribution in [0, 0.1) is 10.1 Å². The maximum absolute atomic E-state index is 11.7. The van der Waals surface area contributed by atoms with Crippen LogP contribution in [0.5, 0.6) is 0 Å². The Kier molecular flexibility index (Phi) is 4.14. The Morgan fingerprint density at radius 1 is 1.47 bits per heavy atom. The maximum atomic E-state index is 11.7. The van der Waals surface area contributed by atoms with Gasteiger partial charge in [0.15, 0.2) is 0 Å². The molecule has 3 N–H and O–H groups in total. The molecule has 0 aliphatic carbocycles. The average Bonchev–Trinajstić information content (AvgIpc) is 2.37. The van der Waals surface area contributed by atoms with Gasteiger partial charge in [-0.2, -0.15) is 4.99 Å². The molecular formula is C10H9N3O6. The lowest BCUT2D eigenvalue weighted by Crippen LogP contribution is -2.17. The highest BCUT2D eigenvalue weighted by molar-refractivity contribution is 6.09. The molecule has 0 atom stereocenters. The molecule has 9 heteroatoms. The van der Waals surface area contributed by atoms with Crippen molar-refractivity contribution in [3.05, 3.63) is 39.4 Å². The standard InChI is InChI=1S/C10H9N3O6/c1-19-10(11)12-8(14)5-3-2-4-6(13(17)18)7(5)9(15)16/h2-4H,1H3,(H,15,16)(H2,11,12,14). The third kappa shape index (κ3) is 3.03. The predicted molar refractivity (Wildman–Crippen MR) is 63.0 cm³/mol. The molecule has 0 heterocycles. The van der Waals surface area contributed by atoms with Crippen molar-refractivity contribution in [3.8, 4) is 0 Å². The number of methoxy groups -OCH3 is 1. The molecule has 19 heavy (non-hydrogen) atoms. The Balaban J connectivity index is 3.44. The van der Waals surface area contributed by atoms with Crippen LogP contribution in [-0.4, -0.2) is 35.0 Å². The molecule has 0 aliphatic heterocycles. The van der Waals surface area contributed by atoms with Gasteiger partial charge < -0.3 is 15.6 Å². The minimum absolute atomic E-state index is 0.443. The molecule has 0 unspecified atom stereocenters. The first-order valence-corrected chi connectivity index (χ1v) is 4.81. The van der Waals surface area contributed by atoms with Crippen molar-refractivity contribution in [2.24, 2.45) is 10.7 Å². The van der Waals surface area contributed by atoms with Crippen molar-refractivity contribution in [3.63, 3.8) is 0 Å². The Hall–Kier alpha value is -2.97. The lowest BCUT2D eigenvalue weighted by Gasteiger charge is -2.03. The molecule has 9 nitrogen and oxygen atoms in total. The summed E-state index contributed by atoms with van der Waals surface area (Å²) in [5.74, 6) is -2.65. The van der Waals surface area contributed by atoms with Crippen LogP contribution in [0.4, 0.5) is 5.69 Å². The number of hydrogen-bond donors (Lipinski definition) is 2. The number of aliphatic imine (C=N–C) groups is 1. The number of amidine groups is 1. The molecule has 0 spiro atoms. The fourth-order valence-corrected chi connectivity index (χ4v) is 1.30. The van der Waals surface area contributed by atoms with Gasteiger partial charge in [-0.3, -0.25) is 14.9 Å². The Labute approximate surface area is 106 Å². The SMILES string of the molecule is COC(N)=NC(=O)c1cccc([N+](=O)[O-])c1C(=O)O. The maximum Gasteiger partial charge on any atom is 0.343 e. The van der Waals surface area contributed by atoms with Crippen LogP contribution in [0.3, 0.4) is 0 Å². The second-order valence-electron chi connectivity index (χ2n) is 3.22. The van der Waals surface area contributed by atoms with Gasteiger partial charge in [-0.05, 0) is 6.07 Å². The summed E-state index contributed by atoms with van der Waals surface area (Å²) < 4.78 is 4.45. The van der Waals surface area contributed by atoms with E-state index in [0.717, 1.165) is 19.2 Å². The number of carboxylic acid groups (broad SMARTS) is 1. The largest absolute Gasteiger partial charge is 0.477 e. The van der Waals surface area contributed by atoms with Gasteiger partial charge in [-0.25, -0.2) is 4.79 Å². The van der Waals surface area contributed by atoms with Crippen molar-refractivity contribution < 1.29 is 24.4 Å². The van der Waals surface area contributed by atoms with Gasteiger partial charge in [-0.1, -0.05) is 6.07 Å². The molecule has 0 aromatic heterocycles. The lowest BCUT2D eigenvalue weighted by molar-refractivity contribution is -0.385. The molecule has 0 saturated carbocycles. The number of carbonyl (C=O) groups is 2. The number of nitrogens with two attached hydrogens (primary N) is 1. The number of amides is 1. The summed E-state index contributed by atoms with van der Waals surface area (Å²) in [7, 11) is 1.16. The highest BCUT2D eigenvalue weighted by atomic mass is 16.6. The number of aromatic carboxylic acids is 1. The van der Waals surface area contributed by atoms with E-state index in [2.05, 4.69) is 9.73 Å². The fraction of sp³-hybridized carbons (Fsp3) is 0.100. The molecule has 0 saturated heterocycles. The lowest BCUT2D eigenvalue weighted by atomic mass is 10.1. The summed E-state index contributed by atoms with van der Waals surface area (Å²) in [6.07, 6.45) is 0. The van der Waals surface area contributed by atoms with Gasteiger partial charge in [-0.15, -0.1) is 0 Å². The van der Waals surface area contributed by atoms with Crippen molar-refractivity contribution in [1.29, 1.82) is 0 Å².